The first-order valence-corrected chi connectivity index (χ1v) is 14.3. The van der Waals surface area contributed by atoms with Crippen molar-refractivity contribution < 1.29 is 48.0 Å². The molecule has 0 unspecified atom stereocenters. The summed E-state index contributed by atoms with van der Waals surface area (Å²) in [5.74, 6) is 12.0. The van der Waals surface area contributed by atoms with Crippen molar-refractivity contribution in [3.8, 4) is 77.1 Å². The first-order valence-electron chi connectivity index (χ1n) is 12.7. The number of nitrogens with zero attached hydrogens (tertiary/aromatic N) is 2. The molecule has 1 N–H and O–H groups in total. The number of carbonyl (C=O) groups is 4. The van der Waals surface area contributed by atoms with Gasteiger partial charge < -0.3 is 28.8 Å². The molecule has 0 saturated carbocycles. The van der Waals surface area contributed by atoms with Crippen LogP contribution in [0.25, 0.3) is 4.85 Å². The number of ether oxygens (including phenoxy) is 5. The molecule has 1 aliphatic rings. The normalized spacial score (nSPS) is 11.3. The number of benzene rings is 3. The molecule has 0 radical (unpaired) electrons. The van der Waals surface area contributed by atoms with Gasteiger partial charge in [0.2, 0.25) is 0 Å². The van der Waals surface area contributed by atoms with E-state index >= 15 is 0 Å². The summed E-state index contributed by atoms with van der Waals surface area (Å²) in [5.41, 5.74) is -0.0663. The Morgan fingerprint density at radius 3 is 1.71 bits per heavy atom. The summed E-state index contributed by atoms with van der Waals surface area (Å²) in [4.78, 5) is 52.3. The molecular weight excluding hydrogens is 661 g/mol. The van der Waals surface area contributed by atoms with Crippen molar-refractivity contribution in [3.05, 3.63) is 93.1 Å². The average Bonchev–Trinajstić information content (AvgIpc) is 3.52. The van der Waals surface area contributed by atoms with Gasteiger partial charge in [0, 0.05) is 17.8 Å². The molecule has 230 valence electrons. The zero-order valence-electron chi connectivity index (χ0n) is 23.7. The van der Waals surface area contributed by atoms with Gasteiger partial charge in [-0.1, -0.05) is 23.5 Å². The fourth-order valence-corrected chi connectivity index (χ4v) is 5.85. The maximum Gasteiger partial charge on any atom is 0.528 e. The number of allylic oxidation sites excluding steroid dienone is 1. The van der Waals surface area contributed by atoms with Crippen LogP contribution in [0.1, 0.15) is 20.7 Å². The number of fused-ring (bicyclic) bond motifs is 1. The predicted octanol–water partition coefficient (Wildman–Crippen LogP) is 6.11. The molecule has 12 nitrogen and oxygen atoms in total. The number of carboxylic acid groups (broad SMARTS) is 1. The molecule has 1 heterocycles. The second-order valence-corrected chi connectivity index (χ2v) is 10.6. The van der Waals surface area contributed by atoms with Gasteiger partial charge in [0.05, 0.1) is 37.8 Å². The number of thioether (sulfide) groups is 2. The number of nitriles is 1. The Labute approximate surface area is 280 Å². The second kappa shape index (κ2) is 16.2. The molecule has 0 aromatic heterocycles. The fraction of sp³-hybridized carbons (Fsp3) is 0. The number of rotatable bonds is 6. The maximum atomic E-state index is 13.0. The molecule has 1 aliphatic heterocycles. The van der Waals surface area contributed by atoms with Crippen LogP contribution in [0.5, 0.6) is 23.0 Å². The number of carbonyl (C=O) groups excluding carboxylic acids is 3. The highest BCUT2D eigenvalue weighted by molar-refractivity contribution is 8.24. The zero-order chi connectivity index (χ0) is 34.5. The van der Waals surface area contributed by atoms with Crippen LogP contribution in [0, 0.1) is 66.0 Å². The summed E-state index contributed by atoms with van der Waals surface area (Å²) in [6, 6.07) is 15.0. The van der Waals surface area contributed by atoms with Gasteiger partial charge in [0.1, 0.15) is 29.1 Å². The van der Waals surface area contributed by atoms with Crippen molar-refractivity contribution in [1.82, 2.24) is 0 Å². The van der Waals surface area contributed by atoms with Crippen LogP contribution in [0.4, 0.5) is 9.59 Å². The zero-order valence-corrected chi connectivity index (χ0v) is 25.3. The van der Waals surface area contributed by atoms with Crippen LogP contribution in [-0.4, -0.2) is 29.4 Å². The van der Waals surface area contributed by atoms with E-state index in [9.17, 15) is 24.4 Å². The van der Waals surface area contributed by atoms with Gasteiger partial charge in [-0.3, -0.25) is 0 Å². The molecule has 0 amide bonds. The SMILES string of the molecule is [C-]#[N+]C(C#N)=C1Sc2c(OC(=O)c3ccc(OC(=O)O)cc3)ccc(OC(=O)c3ccc(OC(=O)OC#CC#CC#CC#C)cc3)c2S1. The van der Waals surface area contributed by atoms with Gasteiger partial charge in [-0.15, -0.1) is 6.42 Å². The monoisotopic (exact) mass is 672 g/mol. The molecular formula is C34H12N2O10S2. The summed E-state index contributed by atoms with van der Waals surface area (Å²) >= 11 is 1.97. The molecule has 0 saturated heterocycles. The number of hydrogen-bond acceptors (Lipinski definition) is 12. The third kappa shape index (κ3) is 8.93. The lowest BCUT2D eigenvalue weighted by Gasteiger charge is -2.12. The molecule has 0 spiro atoms. The Morgan fingerprint density at radius 2 is 1.23 bits per heavy atom. The molecule has 0 aliphatic carbocycles. The highest BCUT2D eigenvalue weighted by Gasteiger charge is 2.30. The Morgan fingerprint density at radius 1 is 0.729 bits per heavy atom. The minimum absolute atomic E-state index is 0.00286. The molecule has 48 heavy (non-hydrogen) atoms. The summed E-state index contributed by atoms with van der Waals surface area (Å²) in [6.07, 6.45) is 4.30. The van der Waals surface area contributed by atoms with Gasteiger partial charge in [-0.2, -0.15) is 0 Å². The maximum absolute atomic E-state index is 13.0. The van der Waals surface area contributed by atoms with E-state index in [-0.39, 0.29) is 44.1 Å². The van der Waals surface area contributed by atoms with Gasteiger partial charge in [-0.05, 0) is 78.4 Å². The lowest BCUT2D eigenvalue weighted by molar-refractivity contribution is 0.0711. The molecule has 0 atom stereocenters. The van der Waals surface area contributed by atoms with Crippen molar-refractivity contribution in [1.29, 1.82) is 5.26 Å². The standard InChI is InChI=1S/C34H12N2O10S2/c1-3-4-5-6-7-8-19-42-34(41)44-24-15-11-22(12-16-24)31(38)46-27-18-17-26(28-29(27)48-32(47-28)25(20-35)36-2)45-30(37)21-9-13-23(14-10-21)43-33(39)40/h1,9-18H,(H,39,40). The third-order valence-electron chi connectivity index (χ3n) is 5.34. The van der Waals surface area contributed by atoms with E-state index in [1.54, 1.807) is 0 Å². The number of terminal acetylenes is 1. The van der Waals surface area contributed by atoms with Crippen molar-refractivity contribution in [3.63, 3.8) is 0 Å². The number of hydrogen-bond donors (Lipinski definition) is 1. The van der Waals surface area contributed by atoms with Crippen molar-refractivity contribution in [2.75, 3.05) is 0 Å². The topological polar surface area (TPSA) is 163 Å². The lowest BCUT2D eigenvalue weighted by atomic mass is 10.2. The molecule has 3 aromatic rings. The van der Waals surface area contributed by atoms with Crippen LogP contribution in [0.3, 0.4) is 0 Å². The van der Waals surface area contributed by atoms with E-state index in [2.05, 4.69) is 49.8 Å². The Balaban J connectivity index is 1.49. The first-order chi connectivity index (χ1) is 23.2. The van der Waals surface area contributed by atoms with E-state index in [0.717, 1.165) is 23.5 Å². The van der Waals surface area contributed by atoms with Crippen LogP contribution in [-0.2, 0) is 4.74 Å². The fourth-order valence-electron chi connectivity index (χ4n) is 3.38. The molecule has 14 heteroatoms. The van der Waals surface area contributed by atoms with Crippen molar-refractivity contribution in [2.24, 2.45) is 0 Å². The quantitative estimate of drug-likeness (QED) is 0.0798. The van der Waals surface area contributed by atoms with Crippen LogP contribution in [0.15, 0.2) is 80.4 Å². The summed E-state index contributed by atoms with van der Waals surface area (Å²) in [5, 5.41) is 18.1. The smallest absolute Gasteiger partial charge is 0.449 e. The van der Waals surface area contributed by atoms with Gasteiger partial charge in [0.25, 0.3) is 5.70 Å². The van der Waals surface area contributed by atoms with E-state index in [1.807, 2.05) is 12.2 Å². The molecule has 0 bridgehead atoms. The Bertz CT molecular complexity index is 2170. The molecule has 3 aromatic carbocycles. The minimum atomic E-state index is -1.52. The largest absolute Gasteiger partial charge is 0.528 e. The average molecular weight is 673 g/mol. The van der Waals surface area contributed by atoms with Crippen LogP contribution in [0.2, 0.25) is 0 Å². The van der Waals surface area contributed by atoms with Gasteiger partial charge >= 0.3 is 24.2 Å². The highest BCUT2D eigenvalue weighted by Crippen LogP contribution is 2.59. The summed E-state index contributed by atoms with van der Waals surface area (Å²) < 4.78 is 25.5. The Hall–Kier alpha value is -7.20. The van der Waals surface area contributed by atoms with E-state index in [0.29, 0.717) is 9.79 Å². The van der Waals surface area contributed by atoms with Gasteiger partial charge in [-0.25, -0.2) is 29.3 Å². The summed E-state index contributed by atoms with van der Waals surface area (Å²) in [7, 11) is 0. The van der Waals surface area contributed by atoms with Gasteiger partial charge in [0.15, 0.2) is 0 Å². The number of esters is 2. The van der Waals surface area contributed by atoms with Crippen LogP contribution >= 0.6 is 23.5 Å². The highest BCUT2D eigenvalue weighted by atomic mass is 32.2. The van der Waals surface area contributed by atoms with Crippen molar-refractivity contribution in [2.45, 2.75) is 9.79 Å². The Kier molecular flexibility index (Phi) is 11.4. The predicted molar refractivity (Wildman–Crippen MR) is 168 cm³/mol. The molecule has 4 rings (SSSR count). The third-order valence-corrected chi connectivity index (χ3v) is 7.95. The molecule has 0 fully saturated rings. The van der Waals surface area contributed by atoms with E-state index < -0.39 is 24.2 Å². The lowest BCUT2D eigenvalue weighted by Crippen LogP contribution is -2.11. The van der Waals surface area contributed by atoms with Crippen molar-refractivity contribution >= 4 is 47.8 Å². The second-order valence-electron chi connectivity index (χ2n) is 8.31. The van der Waals surface area contributed by atoms with Crippen LogP contribution < -0.4 is 18.9 Å². The van der Waals surface area contributed by atoms with E-state index in [4.69, 9.17) is 32.3 Å². The van der Waals surface area contributed by atoms with E-state index in [1.165, 1.54) is 60.7 Å². The minimum Gasteiger partial charge on any atom is -0.449 e. The summed E-state index contributed by atoms with van der Waals surface area (Å²) in [6.45, 7) is 7.32. The first kappa shape index (κ1) is 33.7.